The first-order valence-electron chi connectivity index (χ1n) is 5.64. The van der Waals surface area contributed by atoms with Crippen molar-refractivity contribution in [2.45, 2.75) is 6.54 Å². The number of nitrogens with one attached hydrogen (secondary N) is 2. The van der Waals surface area contributed by atoms with Crippen LogP contribution in [0.2, 0.25) is 5.02 Å². The lowest BCUT2D eigenvalue weighted by atomic mass is 10.3. The van der Waals surface area contributed by atoms with Gasteiger partial charge in [0.15, 0.2) is 0 Å². The highest BCUT2D eigenvalue weighted by atomic mass is 35.5. The fraction of sp³-hybridized carbons (Fsp3) is 0.417. The maximum Gasteiger partial charge on any atom is 0.138 e. The second-order valence-corrected chi connectivity index (χ2v) is 4.74. The summed E-state index contributed by atoms with van der Waals surface area (Å²) < 4.78 is 0. The molecule has 2 aromatic rings. The predicted octanol–water partition coefficient (Wildman–Crippen LogP) is 1.87. The van der Waals surface area contributed by atoms with Crippen LogP contribution in [0.3, 0.4) is 0 Å². The van der Waals surface area contributed by atoms with E-state index in [0.29, 0.717) is 0 Å². The van der Waals surface area contributed by atoms with E-state index in [1.54, 1.807) is 12.3 Å². The molecule has 0 spiro atoms. The minimum atomic E-state index is 0.741. The SMILES string of the molecule is CN(C)CCNCc1cc2c(Cl)ccnc2[nH]1. The molecule has 2 rings (SSSR count). The Morgan fingerprint density at radius 2 is 2.29 bits per heavy atom. The largest absolute Gasteiger partial charge is 0.342 e. The van der Waals surface area contributed by atoms with Crippen molar-refractivity contribution in [3.63, 3.8) is 0 Å². The van der Waals surface area contributed by atoms with Crippen molar-refractivity contribution in [1.29, 1.82) is 0 Å². The smallest absolute Gasteiger partial charge is 0.138 e. The number of rotatable bonds is 5. The third-order valence-electron chi connectivity index (χ3n) is 2.59. The third kappa shape index (κ3) is 3.19. The third-order valence-corrected chi connectivity index (χ3v) is 2.92. The second kappa shape index (κ2) is 5.49. The molecule has 0 amide bonds. The van der Waals surface area contributed by atoms with E-state index >= 15 is 0 Å². The van der Waals surface area contributed by atoms with E-state index in [1.165, 1.54) is 0 Å². The van der Waals surface area contributed by atoms with Crippen LogP contribution in [0.15, 0.2) is 18.3 Å². The number of halogens is 1. The molecule has 0 saturated carbocycles. The zero-order valence-electron chi connectivity index (χ0n) is 10.1. The monoisotopic (exact) mass is 252 g/mol. The molecule has 2 aromatic heterocycles. The fourth-order valence-corrected chi connectivity index (χ4v) is 1.87. The van der Waals surface area contributed by atoms with Crippen LogP contribution in [-0.2, 0) is 6.54 Å². The number of aromatic nitrogens is 2. The Bertz CT molecular complexity index is 492. The van der Waals surface area contributed by atoms with Crippen LogP contribution in [0.1, 0.15) is 5.69 Å². The predicted molar refractivity (Wildman–Crippen MR) is 71.4 cm³/mol. The van der Waals surface area contributed by atoms with Crippen LogP contribution in [0.25, 0.3) is 11.0 Å². The minimum Gasteiger partial charge on any atom is -0.342 e. The molecule has 0 aromatic carbocycles. The van der Waals surface area contributed by atoms with Gasteiger partial charge < -0.3 is 15.2 Å². The van der Waals surface area contributed by atoms with E-state index in [9.17, 15) is 0 Å². The van der Waals surface area contributed by atoms with Gasteiger partial charge in [0, 0.05) is 36.9 Å². The maximum absolute atomic E-state index is 6.09. The Kier molecular flexibility index (Phi) is 3.99. The number of H-pyrrole nitrogens is 1. The minimum absolute atomic E-state index is 0.741. The summed E-state index contributed by atoms with van der Waals surface area (Å²) >= 11 is 6.09. The van der Waals surface area contributed by atoms with Crippen LogP contribution in [-0.4, -0.2) is 42.1 Å². The Morgan fingerprint density at radius 3 is 3.00 bits per heavy atom. The molecule has 17 heavy (non-hydrogen) atoms. The number of fused-ring (bicyclic) bond motifs is 1. The van der Waals surface area contributed by atoms with Gasteiger partial charge in [-0.15, -0.1) is 0 Å². The molecule has 0 unspecified atom stereocenters. The number of hydrogen-bond acceptors (Lipinski definition) is 3. The summed E-state index contributed by atoms with van der Waals surface area (Å²) in [5.41, 5.74) is 1.96. The highest BCUT2D eigenvalue weighted by Gasteiger charge is 2.04. The van der Waals surface area contributed by atoms with E-state index in [-0.39, 0.29) is 0 Å². The molecule has 92 valence electrons. The lowest BCUT2D eigenvalue weighted by Crippen LogP contribution is -2.26. The van der Waals surface area contributed by atoms with Gasteiger partial charge in [-0.05, 0) is 26.2 Å². The summed E-state index contributed by atoms with van der Waals surface area (Å²) in [7, 11) is 4.13. The highest BCUT2D eigenvalue weighted by Crippen LogP contribution is 2.21. The van der Waals surface area contributed by atoms with Gasteiger partial charge in [-0.25, -0.2) is 4.98 Å². The van der Waals surface area contributed by atoms with Gasteiger partial charge in [0.1, 0.15) is 5.65 Å². The van der Waals surface area contributed by atoms with Gasteiger partial charge in [0.2, 0.25) is 0 Å². The molecular weight excluding hydrogens is 236 g/mol. The maximum atomic E-state index is 6.09. The number of aromatic amines is 1. The molecule has 0 bridgehead atoms. The molecule has 5 heteroatoms. The number of likely N-dealkylation sites (N-methyl/N-ethyl adjacent to an activating group) is 1. The first-order valence-corrected chi connectivity index (χ1v) is 6.02. The fourth-order valence-electron chi connectivity index (χ4n) is 1.67. The summed E-state index contributed by atoms with van der Waals surface area (Å²) in [6.07, 6.45) is 1.71. The zero-order chi connectivity index (χ0) is 12.3. The van der Waals surface area contributed by atoms with Crippen molar-refractivity contribution < 1.29 is 0 Å². The van der Waals surface area contributed by atoms with Crippen LogP contribution in [0.4, 0.5) is 0 Å². The summed E-state index contributed by atoms with van der Waals surface area (Å²) in [4.78, 5) is 9.65. The van der Waals surface area contributed by atoms with Crippen LogP contribution >= 0.6 is 11.6 Å². The summed E-state index contributed by atoms with van der Waals surface area (Å²) in [6.45, 7) is 2.79. The Morgan fingerprint density at radius 1 is 1.47 bits per heavy atom. The normalized spacial score (nSPS) is 11.5. The van der Waals surface area contributed by atoms with Crippen molar-refractivity contribution in [3.05, 3.63) is 29.0 Å². The summed E-state index contributed by atoms with van der Waals surface area (Å²) in [6, 6.07) is 3.86. The van der Waals surface area contributed by atoms with E-state index < -0.39 is 0 Å². The van der Waals surface area contributed by atoms with Crippen LogP contribution in [0, 0.1) is 0 Å². The molecule has 0 saturated heterocycles. The Balaban J connectivity index is 1.98. The number of pyridine rings is 1. The molecule has 2 heterocycles. The lowest BCUT2D eigenvalue weighted by Gasteiger charge is -2.09. The molecule has 0 fully saturated rings. The van der Waals surface area contributed by atoms with E-state index in [1.807, 2.05) is 6.07 Å². The summed E-state index contributed by atoms with van der Waals surface area (Å²) in [5.74, 6) is 0. The molecule has 4 nitrogen and oxygen atoms in total. The Labute approximate surface area is 106 Å². The van der Waals surface area contributed by atoms with Crippen LogP contribution in [0.5, 0.6) is 0 Å². The standard InChI is InChI=1S/C12H17ClN4/c1-17(2)6-5-14-8-9-7-10-11(13)3-4-15-12(10)16-9/h3-4,7,14H,5-6,8H2,1-2H3,(H,15,16). The first kappa shape index (κ1) is 12.4. The van der Waals surface area contributed by atoms with Crippen molar-refractivity contribution >= 4 is 22.6 Å². The number of nitrogens with zero attached hydrogens (tertiary/aromatic N) is 2. The van der Waals surface area contributed by atoms with Gasteiger partial charge in [-0.1, -0.05) is 11.6 Å². The molecule has 0 aliphatic heterocycles. The van der Waals surface area contributed by atoms with Crippen molar-refractivity contribution in [1.82, 2.24) is 20.2 Å². The van der Waals surface area contributed by atoms with Gasteiger partial charge in [-0.3, -0.25) is 0 Å². The van der Waals surface area contributed by atoms with E-state index in [2.05, 4.69) is 34.3 Å². The quantitative estimate of drug-likeness (QED) is 0.799. The Hall–Kier alpha value is -1.10. The van der Waals surface area contributed by atoms with Gasteiger partial charge in [0.05, 0.1) is 5.02 Å². The average Bonchev–Trinajstić information content (AvgIpc) is 2.69. The second-order valence-electron chi connectivity index (χ2n) is 4.33. The molecule has 0 atom stereocenters. The molecule has 0 aliphatic rings. The van der Waals surface area contributed by atoms with E-state index in [0.717, 1.165) is 41.4 Å². The van der Waals surface area contributed by atoms with Crippen molar-refractivity contribution in [2.24, 2.45) is 0 Å². The highest BCUT2D eigenvalue weighted by molar-refractivity contribution is 6.35. The van der Waals surface area contributed by atoms with Gasteiger partial charge in [0.25, 0.3) is 0 Å². The molecule has 0 radical (unpaired) electrons. The van der Waals surface area contributed by atoms with Crippen molar-refractivity contribution in [3.8, 4) is 0 Å². The lowest BCUT2D eigenvalue weighted by molar-refractivity contribution is 0.399. The molecule has 0 aliphatic carbocycles. The van der Waals surface area contributed by atoms with Crippen molar-refractivity contribution in [2.75, 3.05) is 27.2 Å². The number of hydrogen-bond donors (Lipinski definition) is 2. The van der Waals surface area contributed by atoms with Crippen LogP contribution < -0.4 is 5.32 Å². The van der Waals surface area contributed by atoms with Gasteiger partial charge in [-0.2, -0.15) is 0 Å². The average molecular weight is 253 g/mol. The topological polar surface area (TPSA) is 44.0 Å². The van der Waals surface area contributed by atoms with E-state index in [4.69, 9.17) is 11.6 Å². The summed E-state index contributed by atoms with van der Waals surface area (Å²) in [5, 5.41) is 5.10. The zero-order valence-corrected chi connectivity index (χ0v) is 10.9. The first-order chi connectivity index (χ1) is 8.16. The molecule has 2 N–H and O–H groups in total. The molecular formula is C12H17ClN4. The van der Waals surface area contributed by atoms with Gasteiger partial charge >= 0.3 is 0 Å².